The number of amides is 2. The molecule has 136 valence electrons. The maximum atomic E-state index is 12.0. The Balaban J connectivity index is 1.39. The second-order valence-electron chi connectivity index (χ2n) is 6.43. The fraction of sp³-hybridized carbons (Fsp3) is 0.300. The highest BCUT2D eigenvalue weighted by atomic mass is 35.5. The number of hydrogen-bond acceptors (Lipinski definition) is 3. The van der Waals surface area contributed by atoms with Gasteiger partial charge in [0.1, 0.15) is 0 Å². The molecule has 0 bridgehead atoms. The van der Waals surface area contributed by atoms with E-state index < -0.39 is 0 Å². The van der Waals surface area contributed by atoms with Gasteiger partial charge in [0.15, 0.2) is 0 Å². The minimum Gasteiger partial charge on any atom is -0.371 e. The van der Waals surface area contributed by atoms with Crippen LogP contribution in [-0.4, -0.2) is 38.0 Å². The lowest BCUT2D eigenvalue weighted by Crippen LogP contribution is -2.39. The summed E-state index contributed by atoms with van der Waals surface area (Å²) in [6.45, 7) is 2.50. The summed E-state index contributed by atoms with van der Waals surface area (Å²) >= 11 is 5.87. The largest absolute Gasteiger partial charge is 0.371 e. The van der Waals surface area contributed by atoms with E-state index in [1.165, 1.54) is 5.69 Å². The SMILES string of the molecule is O=C(CNC(=O)c1cccc(Cl)c1)NCC1CCN(c2ccccc2)C1. The van der Waals surface area contributed by atoms with Gasteiger partial charge in [-0.2, -0.15) is 0 Å². The van der Waals surface area contributed by atoms with E-state index in [1.807, 2.05) is 18.2 Å². The number of hydrogen-bond donors (Lipinski definition) is 2. The molecule has 2 N–H and O–H groups in total. The molecule has 2 aromatic carbocycles. The number of nitrogens with zero attached hydrogens (tertiary/aromatic N) is 1. The quantitative estimate of drug-likeness (QED) is 0.820. The molecule has 3 rings (SSSR count). The minimum absolute atomic E-state index is 0.0412. The standard InChI is InChI=1S/C20H22ClN3O2/c21-17-6-4-5-16(11-17)20(26)23-13-19(25)22-12-15-9-10-24(14-15)18-7-2-1-3-8-18/h1-8,11,15H,9-10,12-14H2,(H,22,25)(H,23,26). The van der Waals surface area contributed by atoms with Gasteiger partial charge in [-0.1, -0.05) is 35.9 Å². The zero-order valence-electron chi connectivity index (χ0n) is 14.5. The van der Waals surface area contributed by atoms with Crippen LogP contribution in [0.2, 0.25) is 5.02 Å². The van der Waals surface area contributed by atoms with Crippen LogP contribution < -0.4 is 15.5 Å². The molecular weight excluding hydrogens is 350 g/mol. The summed E-state index contributed by atoms with van der Waals surface area (Å²) < 4.78 is 0. The summed E-state index contributed by atoms with van der Waals surface area (Å²) in [5.74, 6) is -0.0694. The van der Waals surface area contributed by atoms with E-state index in [2.05, 4.69) is 27.7 Å². The maximum Gasteiger partial charge on any atom is 0.251 e. The van der Waals surface area contributed by atoms with Gasteiger partial charge in [-0.3, -0.25) is 9.59 Å². The van der Waals surface area contributed by atoms with Gasteiger partial charge in [-0.05, 0) is 42.7 Å². The number of nitrogens with one attached hydrogen (secondary N) is 2. The summed E-state index contributed by atoms with van der Waals surface area (Å²) in [5, 5.41) is 6.02. The lowest BCUT2D eigenvalue weighted by molar-refractivity contribution is -0.120. The van der Waals surface area contributed by atoms with Crippen molar-refractivity contribution in [2.24, 2.45) is 5.92 Å². The Labute approximate surface area is 158 Å². The summed E-state index contributed by atoms with van der Waals surface area (Å²) in [4.78, 5) is 26.3. The second kappa shape index (κ2) is 8.72. The number of para-hydroxylation sites is 1. The topological polar surface area (TPSA) is 61.4 Å². The van der Waals surface area contributed by atoms with E-state index >= 15 is 0 Å². The van der Waals surface area contributed by atoms with Crippen molar-refractivity contribution in [2.45, 2.75) is 6.42 Å². The number of rotatable bonds is 6. The van der Waals surface area contributed by atoms with Gasteiger partial charge in [-0.15, -0.1) is 0 Å². The maximum absolute atomic E-state index is 12.0. The van der Waals surface area contributed by atoms with E-state index in [0.717, 1.165) is 19.5 Å². The third-order valence-corrected chi connectivity index (χ3v) is 4.73. The van der Waals surface area contributed by atoms with Gasteiger partial charge in [0.05, 0.1) is 6.54 Å². The molecule has 1 atom stereocenters. The lowest BCUT2D eigenvalue weighted by atomic mass is 10.1. The van der Waals surface area contributed by atoms with Crippen LogP contribution in [0.15, 0.2) is 54.6 Å². The molecule has 1 unspecified atom stereocenters. The zero-order valence-corrected chi connectivity index (χ0v) is 15.2. The predicted molar refractivity (Wildman–Crippen MR) is 104 cm³/mol. The predicted octanol–water partition coefficient (Wildman–Crippen LogP) is 2.71. The monoisotopic (exact) mass is 371 g/mol. The van der Waals surface area contributed by atoms with Gasteiger partial charge >= 0.3 is 0 Å². The van der Waals surface area contributed by atoms with Crippen LogP contribution in [0.1, 0.15) is 16.8 Å². The van der Waals surface area contributed by atoms with Crippen LogP contribution in [0.25, 0.3) is 0 Å². The van der Waals surface area contributed by atoms with E-state index in [0.29, 0.717) is 23.0 Å². The molecule has 2 aromatic rings. The summed E-state index contributed by atoms with van der Waals surface area (Å²) in [5.41, 5.74) is 1.66. The molecule has 0 aromatic heterocycles. The molecule has 5 nitrogen and oxygen atoms in total. The lowest BCUT2D eigenvalue weighted by Gasteiger charge is -2.18. The molecule has 0 spiro atoms. The van der Waals surface area contributed by atoms with E-state index in [4.69, 9.17) is 11.6 Å². The third-order valence-electron chi connectivity index (χ3n) is 4.49. The first-order valence-corrected chi connectivity index (χ1v) is 9.10. The Kier molecular flexibility index (Phi) is 6.12. The molecule has 1 heterocycles. The molecule has 1 aliphatic heterocycles. The van der Waals surface area contributed by atoms with Crippen LogP contribution in [-0.2, 0) is 4.79 Å². The van der Waals surface area contributed by atoms with Crippen LogP contribution in [0, 0.1) is 5.92 Å². The highest BCUT2D eigenvalue weighted by molar-refractivity contribution is 6.30. The Bertz CT molecular complexity index is 767. The second-order valence-corrected chi connectivity index (χ2v) is 6.87. The molecule has 26 heavy (non-hydrogen) atoms. The molecule has 1 saturated heterocycles. The minimum atomic E-state index is -0.307. The molecular formula is C20H22ClN3O2. The van der Waals surface area contributed by atoms with Gasteiger partial charge in [0.25, 0.3) is 5.91 Å². The van der Waals surface area contributed by atoms with Crippen LogP contribution in [0.3, 0.4) is 0 Å². The third kappa shape index (κ3) is 4.99. The van der Waals surface area contributed by atoms with E-state index in [-0.39, 0.29) is 18.4 Å². The average molecular weight is 372 g/mol. The first-order chi connectivity index (χ1) is 12.6. The Hall–Kier alpha value is -2.53. The fourth-order valence-corrected chi connectivity index (χ4v) is 3.28. The molecule has 1 aliphatic rings. The smallest absolute Gasteiger partial charge is 0.251 e. The first-order valence-electron chi connectivity index (χ1n) is 8.72. The number of halogens is 1. The van der Waals surface area contributed by atoms with Crippen molar-refractivity contribution in [3.8, 4) is 0 Å². The Morgan fingerprint density at radius 2 is 1.88 bits per heavy atom. The normalized spacial score (nSPS) is 16.3. The van der Waals surface area contributed by atoms with Crippen LogP contribution in [0.4, 0.5) is 5.69 Å². The van der Waals surface area contributed by atoms with Crippen molar-refractivity contribution in [3.05, 3.63) is 65.2 Å². The number of anilines is 1. The highest BCUT2D eigenvalue weighted by Gasteiger charge is 2.23. The molecule has 0 radical (unpaired) electrons. The zero-order chi connectivity index (χ0) is 18.4. The van der Waals surface area contributed by atoms with Crippen molar-refractivity contribution in [3.63, 3.8) is 0 Å². The fourth-order valence-electron chi connectivity index (χ4n) is 3.09. The number of carbonyl (C=O) groups is 2. The number of carbonyl (C=O) groups excluding carboxylic acids is 2. The molecule has 2 amide bonds. The molecule has 0 aliphatic carbocycles. The van der Waals surface area contributed by atoms with Crippen LogP contribution in [0.5, 0.6) is 0 Å². The van der Waals surface area contributed by atoms with Crippen molar-refractivity contribution in [1.29, 1.82) is 0 Å². The first kappa shape index (κ1) is 18.3. The van der Waals surface area contributed by atoms with E-state index in [1.54, 1.807) is 24.3 Å². The van der Waals surface area contributed by atoms with Crippen molar-refractivity contribution < 1.29 is 9.59 Å². The Morgan fingerprint density at radius 1 is 1.08 bits per heavy atom. The van der Waals surface area contributed by atoms with Crippen molar-refractivity contribution in [2.75, 3.05) is 31.1 Å². The molecule has 0 saturated carbocycles. The van der Waals surface area contributed by atoms with Crippen LogP contribution >= 0.6 is 11.6 Å². The summed E-state index contributed by atoms with van der Waals surface area (Å²) in [6, 6.07) is 16.9. The van der Waals surface area contributed by atoms with Crippen molar-refractivity contribution in [1.82, 2.24) is 10.6 Å². The van der Waals surface area contributed by atoms with E-state index in [9.17, 15) is 9.59 Å². The Morgan fingerprint density at radius 3 is 2.65 bits per heavy atom. The number of benzene rings is 2. The molecule has 1 fully saturated rings. The molecule has 6 heteroatoms. The van der Waals surface area contributed by atoms with Gasteiger partial charge in [0, 0.05) is 35.9 Å². The van der Waals surface area contributed by atoms with Gasteiger partial charge in [0.2, 0.25) is 5.91 Å². The summed E-state index contributed by atoms with van der Waals surface area (Å²) in [7, 11) is 0. The average Bonchev–Trinajstić information content (AvgIpc) is 3.14. The highest BCUT2D eigenvalue weighted by Crippen LogP contribution is 2.22. The van der Waals surface area contributed by atoms with Gasteiger partial charge < -0.3 is 15.5 Å². The summed E-state index contributed by atoms with van der Waals surface area (Å²) in [6.07, 6.45) is 1.05. The van der Waals surface area contributed by atoms with Gasteiger partial charge in [-0.25, -0.2) is 0 Å². The van der Waals surface area contributed by atoms with Crippen molar-refractivity contribution >= 4 is 29.1 Å².